The SMILES string of the molecule is O=Cc1ncc([N+](=O)[O-])s1. The number of carbonyl (C=O) groups excluding carboxylic acids is 1. The van der Waals surface area contributed by atoms with Crippen molar-refractivity contribution in [3.05, 3.63) is 21.3 Å². The first-order valence-electron chi connectivity index (χ1n) is 2.29. The summed E-state index contributed by atoms with van der Waals surface area (Å²) in [7, 11) is 0. The summed E-state index contributed by atoms with van der Waals surface area (Å²) < 4.78 is 0. The number of nitrogens with zero attached hydrogens (tertiary/aromatic N) is 2. The van der Waals surface area contributed by atoms with Gasteiger partial charge in [-0.1, -0.05) is 0 Å². The molecule has 52 valence electrons. The fraction of sp³-hybridized carbons (Fsp3) is 0. The summed E-state index contributed by atoms with van der Waals surface area (Å²) >= 11 is 0.763. The van der Waals surface area contributed by atoms with Crippen molar-refractivity contribution < 1.29 is 9.72 Å². The molecule has 10 heavy (non-hydrogen) atoms. The van der Waals surface area contributed by atoms with Crippen molar-refractivity contribution in [2.75, 3.05) is 0 Å². The first-order valence-corrected chi connectivity index (χ1v) is 3.11. The molecule has 0 aliphatic heterocycles. The van der Waals surface area contributed by atoms with Gasteiger partial charge in [-0.05, 0) is 11.3 Å². The smallest absolute Gasteiger partial charge is 0.295 e. The van der Waals surface area contributed by atoms with Crippen LogP contribution in [0.3, 0.4) is 0 Å². The van der Waals surface area contributed by atoms with Crippen LogP contribution < -0.4 is 0 Å². The molecular formula is C4H2N2O3S. The second-order valence-electron chi connectivity index (χ2n) is 1.41. The van der Waals surface area contributed by atoms with E-state index in [-0.39, 0.29) is 10.0 Å². The van der Waals surface area contributed by atoms with Crippen LogP contribution in [0.5, 0.6) is 0 Å². The van der Waals surface area contributed by atoms with Gasteiger partial charge in [0.1, 0.15) is 6.20 Å². The van der Waals surface area contributed by atoms with E-state index in [1.807, 2.05) is 0 Å². The Kier molecular flexibility index (Phi) is 1.72. The summed E-state index contributed by atoms with van der Waals surface area (Å²) in [4.78, 5) is 22.8. The minimum absolute atomic E-state index is 0.109. The highest BCUT2D eigenvalue weighted by molar-refractivity contribution is 7.16. The van der Waals surface area contributed by atoms with E-state index in [9.17, 15) is 14.9 Å². The zero-order valence-corrected chi connectivity index (χ0v) is 5.50. The summed E-state index contributed by atoms with van der Waals surface area (Å²) in [5.41, 5.74) is 0. The van der Waals surface area contributed by atoms with Crippen molar-refractivity contribution >= 4 is 22.6 Å². The maximum absolute atomic E-state index is 9.99. The van der Waals surface area contributed by atoms with Gasteiger partial charge in [-0.3, -0.25) is 14.9 Å². The third-order valence-electron chi connectivity index (χ3n) is 0.792. The number of aldehydes is 1. The third-order valence-corrected chi connectivity index (χ3v) is 1.67. The fourth-order valence-corrected chi connectivity index (χ4v) is 0.965. The molecule has 0 amide bonds. The molecular weight excluding hydrogens is 156 g/mol. The Morgan fingerprint density at radius 1 is 1.80 bits per heavy atom. The van der Waals surface area contributed by atoms with Crippen molar-refractivity contribution in [1.29, 1.82) is 0 Å². The average Bonchev–Trinajstić information content (AvgIpc) is 2.34. The monoisotopic (exact) mass is 158 g/mol. The fourth-order valence-electron chi connectivity index (χ4n) is 0.418. The average molecular weight is 158 g/mol. The molecule has 5 nitrogen and oxygen atoms in total. The lowest BCUT2D eigenvalue weighted by molar-refractivity contribution is -0.380. The quantitative estimate of drug-likeness (QED) is 0.363. The van der Waals surface area contributed by atoms with E-state index in [0.29, 0.717) is 6.29 Å². The summed E-state index contributed by atoms with van der Waals surface area (Å²) in [5, 5.41) is 10.0. The standard InChI is InChI=1S/C4H2N2O3S/c7-2-3-5-1-4(10-3)6(8)9/h1-2H. The zero-order valence-electron chi connectivity index (χ0n) is 4.68. The van der Waals surface area contributed by atoms with Crippen LogP contribution in [0.25, 0.3) is 0 Å². The van der Waals surface area contributed by atoms with Gasteiger partial charge >= 0.3 is 5.00 Å². The molecule has 0 spiro atoms. The molecule has 0 atom stereocenters. The van der Waals surface area contributed by atoms with E-state index in [1.165, 1.54) is 0 Å². The van der Waals surface area contributed by atoms with Gasteiger partial charge in [0, 0.05) is 0 Å². The van der Waals surface area contributed by atoms with E-state index < -0.39 is 4.92 Å². The maximum atomic E-state index is 9.99. The zero-order chi connectivity index (χ0) is 7.56. The Morgan fingerprint density at radius 3 is 2.80 bits per heavy atom. The lowest BCUT2D eigenvalue weighted by atomic mass is 10.8. The summed E-state index contributed by atoms with van der Waals surface area (Å²) in [5.74, 6) is 0. The van der Waals surface area contributed by atoms with E-state index in [1.54, 1.807) is 0 Å². The van der Waals surface area contributed by atoms with E-state index in [2.05, 4.69) is 4.98 Å². The predicted molar refractivity (Wildman–Crippen MR) is 34.2 cm³/mol. The minimum Gasteiger partial charge on any atom is -0.295 e. The van der Waals surface area contributed by atoms with Crippen LogP contribution in [0.1, 0.15) is 9.80 Å². The Morgan fingerprint density at radius 2 is 2.50 bits per heavy atom. The second-order valence-corrected chi connectivity index (χ2v) is 2.45. The Labute approximate surface area is 59.5 Å². The van der Waals surface area contributed by atoms with Gasteiger partial charge in [-0.25, -0.2) is 4.98 Å². The topological polar surface area (TPSA) is 73.1 Å². The van der Waals surface area contributed by atoms with Crippen molar-refractivity contribution in [2.24, 2.45) is 0 Å². The van der Waals surface area contributed by atoms with Crippen molar-refractivity contribution in [2.45, 2.75) is 0 Å². The molecule has 1 aromatic heterocycles. The highest BCUT2D eigenvalue weighted by Gasteiger charge is 2.09. The van der Waals surface area contributed by atoms with E-state index in [4.69, 9.17) is 0 Å². The highest BCUT2D eigenvalue weighted by atomic mass is 32.1. The second kappa shape index (κ2) is 2.53. The molecule has 1 rings (SSSR count). The summed E-state index contributed by atoms with van der Waals surface area (Å²) in [6, 6.07) is 0. The maximum Gasteiger partial charge on any atom is 0.344 e. The molecule has 0 fully saturated rings. The molecule has 1 heterocycles. The number of aromatic nitrogens is 1. The van der Waals surface area contributed by atoms with Crippen LogP contribution in [0.2, 0.25) is 0 Å². The number of nitro groups is 1. The normalized spacial score (nSPS) is 9.20. The molecule has 1 aromatic rings. The van der Waals surface area contributed by atoms with Crippen LogP contribution in [0.4, 0.5) is 5.00 Å². The van der Waals surface area contributed by atoms with Gasteiger partial charge in [-0.2, -0.15) is 0 Å². The lowest BCUT2D eigenvalue weighted by Gasteiger charge is -1.76. The molecule has 0 bridgehead atoms. The van der Waals surface area contributed by atoms with Crippen molar-refractivity contribution in [3.8, 4) is 0 Å². The van der Waals surface area contributed by atoms with Gasteiger partial charge in [0.15, 0.2) is 11.3 Å². The minimum atomic E-state index is -0.579. The van der Waals surface area contributed by atoms with Crippen LogP contribution in [-0.4, -0.2) is 16.2 Å². The van der Waals surface area contributed by atoms with Gasteiger partial charge < -0.3 is 0 Å². The summed E-state index contributed by atoms with van der Waals surface area (Å²) in [6.07, 6.45) is 1.55. The van der Waals surface area contributed by atoms with Gasteiger partial charge in [0.2, 0.25) is 0 Å². The predicted octanol–water partition coefficient (Wildman–Crippen LogP) is 0.864. The van der Waals surface area contributed by atoms with Crippen molar-refractivity contribution in [1.82, 2.24) is 4.98 Å². The van der Waals surface area contributed by atoms with Crippen LogP contribution >= 0.6 is 11.3 Å². The molecule has 6 heteroatoms. The van der Waals surface area contributed by atoms with Crippen LogP contribution in [0, 0.1) is 10.1 Å². The number of hydrogen-bond donors (Lipinski definition) is 0. The largest absolute Gasteiger partial charge is 0.344 e. The molecule has 0 saturated carbocycles. The molecule has 0 aromatic carbocycles. The highest BCUT2D eigenvalue weighted by Crippen LogP contribution is 2.18. The number of thiazole rings is 1. The van der Waals surface area contributed by atoms with Crippen molar-refractivity contribution in [3.63, 3.8) is 0 Å². The molecule has 0 unspecified atom stereocenters. The first kappa shape index (κ1) is 6.81. The van der Waals surface area contributed by atoms with Crippen LogP contribution in [0.15, 0.2) is 6.20 Å². The first-order chi connectivity index (χ1) is 4.74. The number of carbonyl (C=O) groups is 1. The van der Waals surface area contributed by atoms with Crippen LogP contribution in [-0.2, 0) is 0 Å². The Bertz CT molecular complexity index is 269. The summed E-state index contributed by atoms with van der Waals surface area (Å²) in [6.45, 7) is 0. The van der Waals surface area contributed by atoms with Gasteiger partial charge in [0.25, 0.3) is 0 Å². The van der Waals surface area contributed by atoms with E-state index in [0.717, 1.165) is 17.5 Å². The number of rotatable bonds is 2. The molecule has 0 aliphatic rings. The number of hydrogen-bond acceptors (Lipinski definition) is 5. The Hall–Kier alpha value is -1.30. The third kappa shape index (κ3) is 1.16. The van der Waals surface area contributed by atoms with Gasteiger partial charge in [0.05, 0.1) is 4.92 Å². The lowest BCUT2D eigenvalue weighted by Crippen LogP contribution is -1.80. The Balaban J connectivity index is 2.98. The molecule has 0 N–H and O–H groups in total. The molecule has 0 saturated heterocycles. The molecule has 0 aliphatic carbocycles. The molecule has 0 radical (unpaired) electrons. The van der Waals surface area contributed by atoms with E-state index >= 15 is 0 Å². The van der Waals surface area contributed by atoms with Gasteiger partial charge in [-0.15, -0.1) is 0 Å².